The largest absolute Gasteiger partial charge is 0.444 e. The number of sulfonamides is 1. The van der Waals surface area contributed by atoms with Gasteiger partial charge in [-0.15, -0.1) is 0 Å². The monoisotopic (exact) mass is 453 g/mol. The average molecular weight is 453 g/mol. The highest BCUT2D eigenvalue weighted by molar-refractivity contribution is 7.89. The van der Waals surface area contributed by atoms with Crippen molar-refractivity contribution in [2.75, 3.05) is 24.8 Å². The summed E-state index contributed by atoms with van der Waals surface area (Å²) in [5.41, 5.74) is -0.726. The van der Waals surface area contributed by atoms with Gasteiger partial charge in [-0.3, -0.25) is 14.9 Å². The fraction of sp³-hybridized carbons (Fsp3) is 0.300. The van der Waals surface area contributed by atoms with E-state index in [0.717, 1.165) is 6.07 Å². The van der Waals surface area contributed by atoms with Gasteiger partial charge in [-0.05, 0) is 57.2 Å². The molecule has 0 atom stereocenters. The molecule has 2 aromatic rings. The molecule has 0 fully saturated rings. The Hall–Kier alpha value is -3.02. The third kappa shape index (κ3) is 6.48. The Morgan fingerprint density at radius 3 is 2.35 bits per heavy atom. The fourth-order valence-corrected chi connectivity index (χ4v) is 3.38. The maximum absolute atomic E-state index is 14.1. The van der Waals surface area contributed by atoms with Crippen LogP contribution in [0.1, 0.15) is 31.1 Å². The van der Waals surface area contributed by atoms with Crippen LogP contribution in [0.5, 0.6) is 0 Å². The topological polar surface area (TPSA) is 114 Å². The molecule has 0 bridgehead atoms. The Balaban J connectivity index is 2.21. The SMILES string of the molecule is CON(C)S(=O)(=O)c1cccc(C(=O)Nc2ccc(F)c(NC(=O)OC(C)(C)C)c2)c1. The lowest BCUT2D eigenvalue weighted by Gasteiger charge is -2.20. The van der Waals surface area contributed by atoms with Crippen LogP contribution < -0.4 is 10.6 Å². The van der Waals surface area contributed by atoms with Crippen molar-refractivity contribution in [1.29, 1.82) is 0 Å². The second kappa shape index (κ2) is 9.41. The number of nitrogens with one attached hydrogen (secondary N) is 2. The number of ether oxygens (including phenoxy) is 1. The van der Waals surface area contributed by atoms with E-state index in [1.807, 2.05) is 0 Å². The molecule has 31 heavy (non-hydrogen) atoms. The molecule has 168 valence electrons. The number of carbonyl (C=O) groups excluding carboxylic acids is 2. The summed E-state index contributed by atoms with van der Waals surface area (Å²) in [4.78, 5) is 29.0. The number of hydrogen-bond donors (Lipinski definition) is 2. The number of hydrogen-bond acceptors (Lipinski definition) is 6. The number of hydroxylamine groups is 1. The van der Waals surface area contributed by atoms with Crippen LogP contribution >= 0.6 is 0 Å². The van der Waals surface area contributed by atoms with E-state index in [1.165, 1.54) is 50.6 Å². The van der Waals surface area contributed by atoms with Crippen LogP contribution in [0.3, 0.4) is 0 Å². The van der Waals surface area contributed by atoms with Crippen LogP contribution in [-0.2, 0) is 19.6 Å². The third-order valence-electron chi connectivity index (χ3n) is 3.85. The predicted molar refractivity (Wildman–Crippen MR) is 113 cm³/mol. The van der Waals surface area contributed by atoms with Crippen LogP contribution in [0, 0.1) is 5.82 Å². The number of rotatable bonds is 6. The zero-order valence-electron chi connectivity index (χ0n) is 17.7. The lowest BCUT2D eigenvalue weighted by Crippen LogP contribution is -2.27. The van der Waals surface area contributed by atoms with Crippen molar-refractivity contribution in [2.24, 2.45) is 0 Å². The Kier molecular flexibility index (Phi) is 7.37. The van der Waals surface area contributed by atoms with E-state index >= 15 is 0 Å². The van der Waals surface area contributed by atoms with E-state index in [-0.39, 0.29) is 21.8 Å². The Labute approximate surface area is 180 Å². The van der Waals surface area contributed by atoms with Crippen molar-refractivity contribution in [2.45, 2.75) is 31.3 Å². The molecule has 0 radical (unpaired) electrons. The van der Waals surface area contributed by atoms with Gasteiger partial charge in [-0.1, -0.05) is 10.5 Å². The van der Waals surface area contributed by atoms with Crippen molar-refractivity contribution in [1.82, 2.24) is 4.47 Å². The summed E-state index contributed by atoms with van der Waals surface area (Å²) in [6.45, 7) is 4.99. The summed E-state index contributed by atoms with van der Waals surface area (Å²) in [6.07, 6.45) is -0.852. The smallest absolute Gasteiger partial charge is 0.412 e. The van der Waals surface area contributed by atoms with E-state index < -0.39 is 33.4 Å². The minimum Gasteiger partial charge on any atom is -0.444 e. The zero-order valence-corrected chi connectivity index (χ0v) is 18.5. The summed E-state index contributed by atoms with van der Waals surface area (Å²) < 4.78 is 44.5. The molecule has 0 saturated carbocycles. The maximum Gasteiger partial charge on any atom is 0.412 e. The van der Waals surface area contributed by atoms with E-state index in [0.29, 0.717) is 4.47 Å². The van der Waals surface area contributed by atoms with E-state index in [4.69, 9.17) is 9.57 Å². The molecule has 0 aliphatic rings. The number of amides is 2. The maximum atomic E-state index is 14.1. The summed E-state index contributed by atoms with van der Waals surface area (Å²) in [5, 5.41) is 4.81. The standard InChI is InChI=1S/C20H24FN3O6S/c1-20(2,3)30-19(26)23-17-12-14(9-10-16(17)21)22-18(25)13-7-6-8-15(11-13)31(27,28)24(4)29-5/h6-12H,1-5H3,(H,22,25)(H,23,26). The van der Waals surface area contributed by atoms with E-state index in [9.17, 15) is 22.4 Å². The molecule has 2 amide bonds. The van der Waals surface area contributed by atoms with Crippen LogP contribution in [-0.4, -0.2) is 44.6 Å². The molecule has 0 aliphatic carbocycles. The number of anilines is 2. The minimum atomic E-state index is -3.94. The lowest BCUT2D eigenvalue weighted by molar-refractivity contribution is -0.0258. The molecular formula is C20H24FN3O6S. The van der Waals surface area contributed by atoms with Crippen LogP contribution in [0.25, 0.3) is 0 Å². The van der Waals surface area contributed by atoms with Gasteiger partial charge in [0, 0.05) is 18.3 Å². The van der Waals surface area contributed by atoms with Crippen LogP contribution in [0.15, 0.2) is 47.4 Å². The summed E-state index contributed by atoms with van der Waals surface area (Å²) >= 11 is 0. The first-order valence-electron chi connectivity index (χ1n) is 9.07. The second-order valence-electron chi connectivity index (χ2n) is 7.40. The highest BCUT2D eigenvalue weighted by atomic mass is 32.2. The van der Waals surface area contributed by atoms with Crippen molar-refractivity contribution >= 4 is 33.4 Å². The fourth-order valence-electron chi connectivity index (χ4n) is 2.36. The highest BCUT2D eigenvalue weighted by Crippen LogP contribution is 2.22. The molecule has 0 aromatic heterocycles. The van der Waals surface area contributed by atoms with Gasteiger partial charge in [0.05, 0.1) is 17.7 Å². The first kappa shape index (κ1) is 24.3. The molecule has 9 nitrogen and oxygen atoms in total. The van der Waals surface area contributed by atoms with Gasteiger partial charge >= 0.3 is 6.09 Å². The van der Waals surface area contributed by atoms with Gasteiger partial charge in [0.25, 0.3) is 15.9 Å². The van der Waals surface area contributed by atoms with Crippen LogP contribution in [0.2, 0.25) is 0 Å². The molecule has 11 heteroatoms. The van der Waals surface area contributed by atoms with Crippen molar-refractivity contribution in [3.05, 3.63) is 53.8 Å². The third-order valence-corrected chi connectivity index (χ3v) is 5.53. The lowest BCUT2D eigenvalue weighted by atomic mass is 10.2. The minimum absolute atomic E-state index is 0.0524. The van der Waals surface area contributed by atoms with Gasteiger partial charge in [0.15, 0.2) is 0 Å². The van der Waals surface area contributed by atoms with Crippen molar-refractivity contribution in [3.63, 3.8) is 0 Å². The number of halogens is 1. The van der Waals surface area contributed by atoms with Crippen LogP contribution in [0.4, 0.5) is 20.6 Å². The normalized spacial score (nSPS) is 11.8. The van der Waals surface area contributed by atoms with Gasteiger partial charge in [0.1, 0.15) is 11.4 Å². The molecule has 2 aromatic carbocycles. The Morgan fingerprint density at radius 1 is 1.06 bits per heavy atom. The van der Waals surface area contributed by atoms with E-state index in [1.54, 1.807) is 20.8 Å². The van der Waals surface area contributed by atoms with Crippen molar-refractivity contribution in [3.8, 4) is 0 Å². The molecule has 0 aliphatic heterocycles. The molecule has 0 unspecified atom stereocenters. The number of carbonyl (C=O) groups is 2. The summed E-state index contributed by atoms with van der Waals surface area (Å²) in [5.74, 6) is -1.36. The summed E-state index contributed by atoms with van der Waals surface area (Å²) in [7, 11) is -1.52. The second-order valence-corrected chi connectivity index (χ2v) is 9.34. The summed E-state index contributed by atoms with van der Waals surface area (Å²) in [6, 6.07) is 8.92. The molecule has 0 saturated heterocycles. The number of benzene rings is 2. The first-order valence-corrected chi connectivity index (χ1v) is 10.5. The number of nitrogens with zero attached hydrogens (tertiary/aromatic N) is 1. The predicted octanol–water partition coefficient (Wildman–Crippen LogP) is 3.61. The zero-order chi connectivity index (χ0) is 23.4. The quantitative estimate of drug-likeness (QED) is 0.646. The van der Waals surface area contributed by atoms with E-state index in [2.05, 4.69) is 10.6 Å². The van der Waals surface area contributed by atoms with Gasteiger partial charge in [-0.2, -0.15) is 0 Å². The Bertz CT molecular complexity index is 1080. The van der Waals surface area contributed by atoms with Gasteiger partial charge in [0.2, 0.25) is 0 Å². The van der Waals surface area contributed by atoms with Gasteiger partial charge < -0.3 is 10.1 Å². The Morgan fingerprint density at radius 2 is 1.74 bits per heavy atom. The molecule has 2 rings (SSSR count). The molecule has 0 spiro atoms. The molecule has 2 N–H and O–H groups in total. The van der Waals surface area contributed by atoms with Crippen molar-refractivity contribution < 1.29 is 32.0 Å². The highest BCUT2D eigenvalue weighted by Gasteiger charge is 2.22. The first-order chi connectivity index (χ1) is 14.3. The molecular weight excluding hydrogens is 429 g/mol. The van der Waals surface area contributed by atoms with Gasteiger partial charge in [-0.25, -0.2) is 17.6 Å². The molecule has 0 heterocycles. The average Bonchev–Trinajstić information content (AvgIpc) is 2.68.